The summed E-state index contributed by atoms with van der Waals surface area (Å²) >= 11 is 0. The van der Waals surface area contributed by atoms with Crippen LogP contribution in [0.5, 0.6) is 0 Å². The second kappa shape index (κ2) is 2.76. The van der Waals surface area contributed by atoms with Crippen molar-refractivity contribution in [3.8, 4) is 0 Å². The molecule has 0 aliphatic heterocycles. The third-order valence-corrected chi connectivity index (χ3v) is 2.26. The quantitative estimate of drug-likeness (QED) is 0.673. The number of nitrogens with zero attached hydrogens (tertiary/aromatic N) is 2. The fourth-order valence-electron chi connectivity index (χ4n) is 1.60. The Labute approximate surface area is 77.2 Å². The Kier molecular flexibility index (Phi) is 1.72. The van der Waals surface area contributed by atoms with Gasteiger partial charge in [0.05, 0.1) is 11.2 Å². The first kappa shape index (κ1) is 8.10. The standard InChI is InChI=1S/C10H13N3/c1-3-13-10-6-8(11)4-5-9(10)7(2)12-13/h4-6H,3,11H2,1-2H3. The van der Waals surface area contributed by atoms with Gasteiger partial charge in [-0.05, 0) is 32.0 Å². The highest BCUT2D eigenvalue weighted by Crippen LogP contribution is 2.20. The average Bonchev–Trinajstić information content (AvgIpc) is 2.42. The summed E-state index contributed by atoms with van der Waals surface area (Å²) in [5.41, 5.74) is 8.70. The lowest BCUT2D eigenvalue weighted by molar-refractivity contribution is 0.676. The summed E-state index contributed by atoms with van der Waals surface area (Å²) in [5.74, 6) is 0. The minimum absolute atomic E-state index is 0.794. The normalized spacial score (nSPS) is 10.9. The van der Waals surface area contributed by atoms with Gasteiger partial charge in [0.25, 0.3) is 0 Å². The maximum Gasteiger partial charge on any atom is 0.0705 e. The first-order valence-corrected chi connectivity index (χ1v) is 4.45. The molecule has 2 aromatic rings. The molecule has 0 aliphatic rings. The van der Waals surface area contributed by atoms with Gasteiger partial charge in [-0.3, -0.25) is 4.68 Å². The minimum atomic E-state index is 0.794. The third kappa shape index (κ3) is 1.16. The van der Waals surface area contributed by atoms with E-state index in [9.17, 15) is 0 Å². The molecule has 13 heavy (non-hydrogen) atoms. The number of hydrogen-bond acceptors (Lipinski definition) is 2. The first-order valence-electron chi connectivity index (χ1n) is 4.45. The molecule has 1 aromatic heterocycles. The fourth-order valence-corrected chi connectivity index (χ4v) is 1.60. The Morgan fingerprint density at radius 1 is 1.46 bits per heavy atom. The number of anilines is 1. The summed E-state index contributed by atoms with van der Waals surface area (Å²) in [6, 6.07) is 5.91. The molecule has 2 rings (SSSR count). The number of fused-ring (bicyclic) bond motifs is 1. The van der Waals surface area contributed by atoms with E-state index in [1.54, 1.807) is 0 Å². The van der Waals surface area contributed by atoms with Crippen LogP contribution in [-0.4, -0.2) is 9.78 Å². The van der Waals surface area contributed by atoms with Gasteiger partial charge < -0.3 is 5.73 Å². The number of nitrogens with two attached hydrogens (primary N) is 1. The monoisotopic (exact) mass is 175 g/mol. The molecule has 0 atom stereocenters. The summed E-state index contributed by atoms with van der Waals surface area (Å²) in [5, 5.41) is 5.60. The number of aromatic nitrogens is 2. The predicted octanol–water partition coefficient (Wildman–Crippen LogP) is 1.95. The zero-order chi connectivity index (χ0) is 9.42. The van der Waals surface area contributed by atoms with E-state index in [1.807, 2.05) is 29.8 Å². The topological polar surface area (TPSA) is 43.8 Å². The molecule has 0 spiro atoms. The van der Waals surface area contributed by atoms with Crippen LogP contribution in [0.1, 0.15) is 12.6 Å². The Balaban J connectivity index is 2.81. The van der Waals surface area contributed by atoms with Gasteiger partial charge in [0.2, 0.25) is 0 Å². The molecule has 3 heteroatoms. The molecule has 0 amide bonds. The second-order valence-electron chi connectivity index (χ2n) is 3.18. The number of aryl methyl sites for hydroxylation is 2. The van der Waals surface area contributed by atoms with Crippen molar-refractivity contribution in [2.24, 2.45) is 0 Å². The smallest absolute Gasteiger partial charge is 0.0705 e. The van der Waals surface area contributed by atoms with Crippen molar-refractivity contribution < 1.29 is 0 Å². The molecule has 0 radical (unpaired) electrons. The van der Waals surface area contributed by atoms with Gasteiger partial charge in [0, 0.05) is 17.6 Å². The molecule has 0 saturated carbocycles. The predicted molar refractivity (Wildman–Crippen MR) is 54.6 cm³/mol. The lowest BCUT2D eigenvalue weighted by Crippen LogP contribution is -1.96. The van der Waals surface area contributed by atoms with Crippen LogP contribution in [0.4, 0.5) is 5.69 Å². The maximum atomic E-state index is 5.72. The maximum absolute atomic E-state index is 5.72. The molecule has 0 saturated heterocycles. The third-order valence-electron chi connectivity index (χ3n) is 2.26. The van der Waals surface area contributed by atoms with Crippen LogP contribution >= 0.6 is 0 Å². The molecule has 0 fully saturated rings. The van der Waals surface area contributed by atoms with Crippen LogP contribution in [-0.2, 0) is 6.54 Å². The Morgan fingerprint density at radius 3 is 2.92 bits per heavy atom. The SMILES string of the molecule is CCn1nc(C)c2ccc(N)cc21. The number of hydrogen-bond donors (Lipinski definition) is 1. The van der Waals surface area contributed by atoms with E-state index >= 15 is 0 Å². The van der Waals surface area contributed by atoms with E-state index in [2.05, 4.69) is 12.0 Å². The van der Waals surface area contributed by atoms with Gasteiger partial charge in [-0.25, -0.2) is 0 Å². The van der Waals surface area contributed by atoms with E-state index < -0.39 is 0 Å². The van der Waals surface area contributed by atoms with Crippen molar-refractivity contribution in [1.29, 1.82) is 0 Å². The summed E-state index contributed by atoms with van der Waals surface area (Å²) in [6.45, 7) is 4.98. The van der Waals surface area contributed by atoms with Crippen LogP contribution in [0.3, 0.4) is 0 Å². The molecule has 0 unspecified atom stereocenters. The fraction of sp³-hybridized carbons (Fsp3) is 0.300. The second-order valence-corrected chi connectivity index (χ2v) is 3.18. The molecule has 3 nitrogen and oxygen atoms in total. The summed E-state index contributed by atoms with van der Waals surface area (Å²) in [4.78, 5) is 0. The van der Waals surface area contributed by atoms with Crippen LogP contribution < -0.4 is 5.73 Å². The van der Waals surface area contributed by atoms with Crippen molar-refractivity contribution in [2.45, 2.75) is 20.4 Å². The minimum Gasteiger partial charge on any atom is -0.399 e. The van der Waals surface area contributed by atoms with E-state index in [-0.39, 0.29) is 0 Å². The first-order chi connectivity index (χ1) is 6.22. The molecule has 68 valence electrons. The van der Waals surface area contributed by atoms with Crippen molar-refractivity contribution in [1.82, 2.24) is 9.78 Å². The summed E-state index contributed by atoms with van der Waals surface area (Å²) in [7, 11) is 0. The van der Waals surface area contributed by atoms with E-state index in [4.69, 9.17) is 5.73 Å². The van der Waals surface area contributed by atoms with Gasteiger partial charge in [-0.2, -0.15) is 5.10 Å². The van der Waals surface area contributed by atoms with Crippen molar-refractivity contribution in [3.05, 3.63) is 23.9 Å². The van der Waals surface area contributed by atoms with Gasteiger partial charge in [0.1, 0.15) is 0 Å². The molecule has 1 aromatic carbocycles. The molecular formula is C10H13N3. The average molecular weight is 175 g/mol. The number of benzene rings is 1. The van der Waals surface area contributed by atoms with Gasteiger partial charge >= 0.3 is 0 Å². The molecule has 2 N–H and O–H groups in total. The van der Waals surface area contributed by atoms with E-state index in [0.29, 0.717) is 0 Å². The molecule has 0 bridgehead atoms. The number of nitrogen functional groups attached to an aromatic ring is 1. The van der Waals surface area contributed by atoms with Crippen LogP contribution in [0.2, 0.25) is 0 Å². The highest BCUT2D eigenvalue weighted by atomic mass is 15.3. The molecule has 0 aliphatic carbocycles. The Hall–Kier alpha value is -1.51. The Morgan fingerprint density at radius 2 is 2.23 bits per heavy atom. The van der Waals surface area contributed by atoms with Gasteiger partial charge in [0.15, 0.2) is 0 Å². The van der Waals surface area contributed by atoms with E-state index in [0.717, 1.165) is 23.4 Å². The highest BCUT2D eigenvalue weighted by Gasteiger charge is 2.05. The van der Waals surface area contributed by atoms with Gasteiger partial charge in [-0.15, -0.1) is 0 Å². The van der Waals surface area contributed by atoms with Crippen molar-refractivity contribution >= 4 is 16.6 Å². The summed E-state index contributed by atoms with van der Waals surface area (Å²) in [6.07, 6.45) is 0. The molecule has 1 heterocycles. The van der Waals surface area contributed by atoms with Gasteiger partial charge in [-0.1, -0.05) is 0 Å². The zero-order valence-electron chi connectivity index (χ0n) is 7.91. The zero-order valence-corrected chi connectivity index (χ0v) is 7.91. The highest BCUT2D eigenvalue weighted by molar-refractivity contribution is 5.84. The van der Waals surface area contributed by atoms with Crippen LogP contribution in [0.25, 0.3) is 10.9 Å². The van der Waals surface area contributed by atoms with Crippen molar-refractivity contribution in [3.63, 3.8) is 0 Å². The largest absolute Gasteiger partial charge is 0.399 e. The van der Waals surface area contributed by atoms with Crippen molar-refractivity contribution in [2.75, 3.05) is 5.73 Å². The van der Waals surface area contributed by atoms with Crippen LogP contribution in [0.15, 0.2) is 18.2 Å². The van der Waals surface area contributed by atoms with Crippen LogP contribution in [0, 0.1) is 6.92 Å². The Bertz CT molecular complexity index is 443. The number of rotatable bonds is 1. The lowest BCUT2D eigenvalue weighted by Gasteiger charge is -1.98. The molecular weight excluding hydrogens is 162 g/mol. The summed E-state index contributed by atoms with van der Waals surface area (Å²) < 4.78 is 1.97. The lowest BCUT2D eigenvalue weighted by atomic mass is 10.2. The van der Waals surface area contributed by atoms with E-state index in [1.165, 1.54) is 5.39 Å².